The van der Waals surface area contributed by atoms with E-state index in [4.69, 9.17) is 0 Å². The lowest BCUT2D eigenvalue weighted by Gasteiger charge is -2.13. The van der Waals surface area contributed by atoms with Gasteiger partial charge in [0.1, 0.15) is 0 Å². The van der Waals surface area contributed by atoms with Crippen molar-refractivity contribution in [3.8, 4) is 0 Å². The van der Waals surface area contributed by atoms with Crippen LogP contribution in [0.1, 0.15) is 19.3 Å². The first-order valence-electron chi connectivity index (χ1n) is 4.07. The van der Waals surface area contributed by atoms with Crippen LogP contribution in [0.5, 0.6) is 0 Å². The molecule has 0 N–H and O–H groups in total. The minimum Gasteiger partial charge on any atom is -0.258 e. The molecule has 0 bridgehead atoms. The molecule has 0 radical (unpaired) electrons. The minimum atomic E-state index is 1.10. The number of hydrogen-bond donors (Lipinski definition) is 0. The number of benzene rings is 1. The monoisotopic (exact) mass is 145 g/mol. The van der Waals surface area contributed by atoms with Crippen LogP contribution in [0.2, 0.25) is 0 Å². The summed E-state index contributed by atoms with van der Waals surface area (Å²) in [7, 11) is 0. The van der Waals surface area contributed by atoms with Crippen LogP contribution in [-0.4, -0.2) is 5.71 Å². The molecule has 2 rings (SSSR count). The highest BCUT2D eigenvalue weighted by Crippen LogP contribution is 2.19. The van der Waals surface area contributed by atoms with E-state index in [1.165, 1.54) is 25.0 Å². The molecule has 1 aliphatic carbocycles. The Hall–Kier alpha value is -1.11. The summed E-state index contributed by atoms with van der Waals surface area (Å²) in [6.07, 6.45) is 3.73. The van der Waals surface area contributed by atoms with E-state index in [2.05, 4.69) is 4.99 Å². The fraction of sp³-hybridized carbons (Fsp3) is 0.300. The molecule has 1 aromatic carbocycles. The van der Waals surface area contributed by atoms with E-state index < -0.39 is 0 Å². The third-order valence-corrected chi connectivity index (χ3v) is 1.97. The van der Waals surface area contributed by atoms with Gasteiger partial charge in [-0.15, -0.1) is 0 Å². The summed E-state index contributed by atoms with van der Waals surface area (Å²) in [6, 6.07) is 10.2. The predicted octanol–water partition coefficient (Wildman–Crippen LogP) is 2.94. The van der Waals surface area contributed by atoms with Crippen molar-refractivity contribution in [2.75, 3.05) is 0 Å². The SMILES string of the molecule is c1ccc(N=C2CCC2)cc1. The molecule has 1 aliphatic rings. The quantitative estimate of drug-likeness (QED) is 0.576. The Morgan fingerprint density at radius 2 is 1.73 bits per heavy atom. The molecule has 56 valence electrons. The van der Waals surface area contributed by atoms with Crippen molar-refractivity contribution in [3.63, 3.8) is 0 Å². The van der Waals surface area contributed by atoms with Crippen molar-refractivity contribution in [2.24, 2.45) is 4.99 Å². The summed E-state index contributed by atoms with van der Waals surface area (Å²) in [6.45, 7) is 0. The van der Waals surface area contributed by atoms with E-state index in [-0.39, 0.29) is 0 Å². The van der Waals surface area contributed by atoms with Crippen LogP contribution in [0.25, 0.3) is 0 Å². The summed E-state index contributed by atoms with van der Waals surface area (Å²) < 4.78 is 0. The van der Waals surface area contributed by atoms with Crippen LogP contribution >= 0.6 is 0 Å². The van der Waals surface area contributed by atoms with Gasteiger partial charge in [-0.05, 0) is 31.4 Å². The van der Waals surface area contributed by atoms with Gasteiger partial charge in [-0.2, -0.15) is 0 Å². The van der Waals surface area contributed by atoms with E-state index in [0.717, 1.165) is 5.69 Å². The third-order valence-electron chi connectivity index (χ3n) is 1.97. The topological polar surface area (TPSA) is 12.4 Å². The van der Waals surface area contributed by atoms with Gasteiger partial charge in [-0.25, -0.2) is 0 Å². The lowest BCUT2D eigenvalue weighted by Crippen LogP contribution is -2.08. The van der Waals surface area contributed by atoms with Crippen molar-refractivity contribution < 1.29 is 0 Å². The van der Waals surface area contributed by atoms with Crippen molar-refractivity contribution in [2.45, 2.75) is 19.3 Å². The Labute approximate surface area is 66.8 Å². The second kappa shape index (κ2) is 2.87. The van der Waals surface area contributed by atoms with E-state index in [0.29, 0.717) is 0 Å². The molecule has 1 fully saturated rings. The molecule has 0 aromatic heterocycles. The highest BCUT2D eigenvalue weighted by atomic mass is 14.8. The first kappa shape index (κ1) is 6.59. The second-order valence-electron chi connectivity index (χ2n) is 2.87. The summed E-state index contributed by atoms with van der Waals surface area (Å²) in [5.41, 5.74) is 2.46. The van der Waals surface area contributed by atoms with Crippen molar-refractivity contribution in [1.29, 1.82) is 0 Å². The summed E-state index contributed by atoms with van der Waals surface area (Å²) >= 11 is 0. The number of nitrogens with zero attached hydrogens (tertiary/aromatic N) is 1. The Bertz CT molecular complexity index is 255. The van der Waals surface area contributed by atoms with Gasteiger partial charge in [0.2, 0.25) is 0 Å². The van der Waals surface area contributed by atoms with E-state index in [1.54, 1.807) is 0 Å². The average Bonchev–Trinajstić information content (AvgIpc) is 1.99. The molecule has 0 unspecified atom stereocenters. The molecule has 0 amide bonds. The zero-order valence-electron chi connectivity index (χ0n) is 6.46. The molecule has 0 atom stereocenters. The minimum absolute atomic E-state index is 1.10. The number of aliphatic imine (C=N–C) groups is 1. The summed E-state index contributed by atoms with van der Waals surface area (Å²) in [5.74, 6) is 0. The van der Waals surface area contributed by atoms with Gasteiger partial charge in [0.25, 0.3) is 0 Å². The number of para-hydroxylation sites is 1. The molecule has 1 nitrogen and oxygen atoms in total. The van der Waals surface area contributed by atoms with Gasteiger partial charge < -0.3 is 0 Å². The maximum absolute atomic E-state index is 4.48. The zero-order chi connectivity index (χ0) is 7.52. The Morgan fingerprint density at radius 3 is 2.27 bits per heavy atom. The van der Waals surface area contributed by atoms with Crippen LogP contribution in [-0.2, 0) is 0 Å². The first-order chi connectivity index (χ1) is 5.45. The average molecular weight is 145 g/mol. The van der Waals surface area contributed by atoms with Crippen LogP contribution in [0.15, 0.2) is 35.3 Å². The Morgan fingerprint density at radius 1 is 1.00 bits per heavy atom. The number of hydrogen-bond acceptors (Lipinski definition) is 1. The van der Waals surface area contributed by atoms with Crippen LogP contribution in [0, 0.1) is 0 Å². The van der Waals surface area contributed by atoms with Crippen molar-refractivity contribution in [1.82, 2.24) is 0 Å². The highest BCUT2D eigenvalue weighted by Gasteiger charge is 2.08. The van der Waals surface area contributed by atoms with E-state index >= 15 is 0 Å². The smallest absolute Gasteiger partial charge is 0.0629 e. The standard InChI is InChI=1S/C10H11N/c1-2-5-9(6-3-1)11-10-7-4-8-10/h1-3,5-6H,4,7-8H2. The Balaban J connectivity index is 2.17. The van der Waals surface area contributed by atoms with E-state index in [9.17, 15) is 0 Å². The van der Waals surface area contributed by atoms with Gasteiger partial charge in [0, 0.05) is 5.71 Å². The molecular formula is C10H11N. The zero-order valence-corrected chi connectivity index (χ0v) is 6.46. The van der Waals surface area contributed by atoms with Gasteiger partial charge in [-0.1, -0.05) is 18.2 Å². The maximum atomic E-state index is 4.48. The van der Waals surface area contributed by atoms with Gasteiger partial charge in [0.05, 0.1) is 5.69 Å². The van der Waals surface area contributed by atoms with Gasteiger partial charge in [-0.3, -0.25) is 4.99 Å². The van der Waals surface area contributed by atoms with Gasteiger partial charge in [0.15, 0.2) is 0 Å². The summed E-state index contributed by atoms with van der Waals surface area (Å²) in [4.78, 5) is 4.48. The third kappa shape index (κ3) is 1.48. The molecule has 0 saturated heterocycles. The summed E-state index contributed by atoms with van der Waals surface area (Å²) in [5, 5.41) is 0. The normalized spacial score (nSPS) is 15.8. The largest absolute Gasteiger partial charge is 0.258 e. The highest BCUT2D eigenvalue weighted by molar-refractivity contribution is 5.91. The van der Waals surface area contributed by atoms with Crippen LogP contribution in [0.3, 0.4) is 0 Å². The molecule has 1 heteroatoms. The Kier molecular flexibility index (Phi) is 1.72. The van der Waals surface area contributed by atoms with Gasteiger partial charge >= 0.3 is 0 Å². The molecule has 1 saturated carbocycles. The molecule has 0 aliphatic heterocycles. The lowest BCUT2D eigenvalue weighted by molar-refractivity contribution is 0.803. The van der Waals surface area contributed by atoms with Crippen LogP contribution in [0.4, 0.5) is 5.69 Å². The van der Waals surface area contributed by atoms with Crippen molar-refractivity contribution >= 4 is 11.4 Å². The number of rotatable bonds is 1. The maximum Gasteiger partial charge on any atom is 0.0629 e. The first-order valence-corrected chi connectivity index (χ1v) is 4.07. The molecule has 11 heavy (non-hydrogen) atoms. The van der Waals surface area contributed by atoms with Crippen molar-refractivity contribution in [3.05, 3.63) is 30.3 Å². The fourth-order valence-electron chi connectivity index (χ4n) is 1.13. The molecule has 0 spiro atoms. The fourth-order valence-corrected chi connectivity index (χ4v) is 1.13. The van der Waals surface area contributed by atoms with E-state index in [1.807, 2.05) is 30.3 Å². The molecular weight excluding hydrogens is 134 g/mol. The lowest BCUT2D eigenvalue weighted by atomic mass is 9.97. The van der Waals surface area contributed by atoms with Crippen LogP contribution < -0.4 is 0 Å². The molecule has 1 aromatic rings. The predicted molar refractivity (Wildman–Crippen MR) is 47.4 cm³/mol. The molecule has 0 heterocycles. The second-order valence-corrected chi connectivity index (χ2v) is 2.87.